The highest BCUT2D eigenvalue weighted by molar-refractivity contribution is 6.42. The van der Waals surface area contributed by atoms with Gasteiger partial charge in [0.2, 0.25) is 0 Å². The number of fused-ring (bicyclic) bond motifs is 2. The second kappa shape index (κ2) is 6.40. The van der Waals surface area contributed by atoms with Gasteiger partial charge in [0.05, 0.1) is 10.0 Å². The molecule has 4 heterocycles. The first-order valence-electron chi connectivity index (χ1n) is 8.00. The van der Waals surface area contributed by atoms with Crippen molar-refractivity contribution in [1.29, 1.82) is 0 Å². The predicted octanol–water partition coefficient (Wildman–Crippen LogP) is 3.85. The molecular weight excluding hydrogens is 329 g/mol. The molecule has 2 unspecified atom stereocenters. The van der Waals surface area contributed by atoms with Gasteiger partial charge in [-0.2, -0.15) is 0 Å². The van der Waals surface area contributed by atoms with E-state index in [1.54, 1.807) is 0 Å². The zero-order valence-electron chi connectivity index (χ0n) is 12.8. The first-order chi connectivity index (χ1) is 11.2. The summed E-state index contributed by atoms with van der Waals surface area (Å²) in [5.41, 5.74) is 2.59. The van der Waals surface area contributed by atoms with Gasteiger partial charge >= 0.3 is 0 Å². The van der Waals surface area contributed by atoms with Crippen LogP contribution in [-0.2, 0) is 13.1 Å². The molecule has 5 rings (SSSR count). The maximum Gasteiger partial charge on any atom is 0.0595 e. The first kappa shape index (κ1) is 15.4. The molecule has 5 heteroatoms. The molecule has 1 aromatic heterocycles. The van der Waals surface area contributed by atoms with E-state index in [9.17, 15) is 0 Å². The molecule has 2 atom stereocenters. The number of hydrogen-bond acceptors (Lipinski definition) is 3. The Bertz CT molecular complexity index is 680. The minimum atomic E-state index is 0.628. The molecule has 0 spiro atoms. The summed E-state index contributed by atoms with van der Waals surface area (Å²) in [5, 5.41) is 1.27. The number of hydrogen-bond donors (Lipinski definition) is 0. The van der Waals surface area contributed by atoms with Crippen molar-refractivity contribution < 1.29 is 0 Å². The summed E-state index contributed by atoms with van der Waals surface area (Å²) in [4.78, 5) is 9.24. The van der Waals surface area contributed by atoms with Gasteiger partial charge in [0.15, 0.2) is 0 Å². The molecule has 3 aliphatic rings. The van der Waals surface area contributed by atoms with Gasteiger partial charge in [-0.25, -0.2) is 0 Å². The smallest absolute Gasteiger partial charge is 0.0595 e. The highest BCUT2D eigenvalue weighted by Gasteiger charge is 2.44. The number of piperidine rings is 1. The lowest BCUT2D eigenvalue weighted by Crippen LogP contribution is -2.67. The average molecular weight is 348 g/mol. The van der Waals surface area contributed by atoms with Crippen LogP contribution in [0.15, 0.2) is 42.7 Å². The lowest BCUT2D eigenvalue weighted by Gasteiger charge is -2.56. The monoisotopic (exact) mass is 347 g/mol. The Morgan fingerprint density at radius 1 is 0.913 bits per heavy atom. The lowest BCUT2D eigenvalue weighted by molar-refractivity contribution is -0.0774. The third-order valence-corrected chi connectivity index (χ3v) is 5.66. The van der Waals surface area contributed by atoms with E-state index >= 15 is 0 Å². The van der Waals surface area contributed by atoms with Crippen molar-refractivity contribution in [3.8, 4) is 0 Å². The SMILES string of the molecule is Clc1ccc(CN2C3CC2CN(Cc2ccncc2)C3)cc1Cl. The van der Waals surface area contributed by atoms with Gasteiger partial charge in [0, 0.05) is 50.7 Å². The van der Waals surface area contributed by atoms with Crippen molar-refractivity contribution >= 4 is 23.2 Å². The molecule has 0 amide bonds. The molecule has 120 valence electrons. The Hall–Kier alpha value is -1.13. The summed E-state index contributed by atoms with van der Waals surface area (Å²) >= 11 is 12.1. The summed E-state index contributed by atoms with van der Waals surface area (Å²) in [6.45, 7) is 4.27. The van der Waals surface area contributed by atoms with Gasteiger partial charge in [0.25, 0.3) is 0 Å². The highest BCUT2D eigenvalue weighted by atomic mass is 35.5. The molecule has 3 nitrogen and oxygen atoms in total. The summed E-state index contributed by atoms with van der Waals surface area (Å²) in [6, 6.07) is 11.5. The van der Waals surface area contributed by atoms with Crippen molar-refractivity contribution in [2.75, 3.05) is 13.1 Å². The maximum absolute atomic E-state index is 6.13. The lowest BCUT2D eigenvalue weighted by atomic mass is 9.86. The molecule has 3 fully saturated rings. The van der Waals surface area contributed by atoms with Gasteiger partial charge in [-0.05, 0) is 41.8 Å². The van der Waals surface area contributed by atoms with E-state index in [2.05, 4.69) is 33.0 Å². The minimum Gasteiger partial charge on any atom is -0.296 e. The number of rotatable bonds is 4. The van der Waals surface area contributed by atoms with Crippen molar-refractivity contribution in [2.24, 2.45) is 0 Å². The normalized spacial score (nSPS) is 24.4. The van der Waals surface area contributed by atoms with E-state index < -0.39 is 0 Å². The molecule has 0 saturated carbocycles. The second-order valence-corrected chi connectivity index (χ2v) is 7.33. The Labute approximate surface area is 146 Å². The van der Waals surface area contributed by atoms with Crippen LogP contribution in [0.5, 0.6) is 0 Å². The van der Waals surface area contributed by atoms with E-state index in [0.717, 1.165) is 26.2 Å². The van der Waals surface area contributed by atoms with Crippen molar-refractivity contribution in [1.82, 2.24) is 14.8 Å². The number of benzene rings is 1. The van der Waals surface area contributed by atoms with Crippen LogP contribution in [0.3, 0.4) is 0 Å². The highest BCUT2D eigenvalue weighted by Crippen LogP contribution is 2.35. The summed E-state index contributed by atoms with van der Waals surface area (Å²) < 4.78 is 0. The topological polar surface area (TPSA) is 19.4 Å². The zero-order valence-corrected chi connectivity index (χ0v) is 14.3. The molecule has 23 heavy (non-hydrogen) atoms. The van der Waals surface area contributed by atoms with Crippen LogP contribution in [0.2, 0.25) is 10.0 Å². The average Bonchev–Trinajstić information content (AvgIpc) is 2.57. The predicted molar refractivity (Wildman–Crippen MR) is 93.7 cm³/mol. The van der Waals surface area contributed by atoms with Gasteiger partial charge in [-0.1, -0.05) is 29.3 Å². The zero-order chi connectivity index (χ0) is 15.8. The standard InChI is InChI=1S/C18H19Cl2N3/c19-17-2-1-14(7-18(17)20)10-23-15-8-16(23)12-22(11-15)9-13-3-5-21-6-4-13/h1-7,15-16H,8-12H2. The molecule has 0 N–H and O–H groups in total. The molecular formula is C18H19Cl2N3. The number of piperazine rings is 1. The third kappa shape index (κ3) is 3.24. The molecule has 3 aliphatic heterocycles. The van der Waals surface area contributed by atoms with Crippen molar-refractivity contribution in [3.05, 3.63) is 63.9 Å². The largest absolute Gasteiger partial charge is 0.296 e. The second-order valence-electron chi connectivity index (χ2n) is 6.51. The van der Waals surface area contributed by atoms with E-state index in [1.165, 1.54) is 17.5 Å². The van der Waals surface area contributed by atoms with Crippen LogP contribution in [0, 0.1) is 0 Å². The molecule has 0 radical (unpaired) electrons. The van der Waals surface area contributed by atoms with E-state index in [4.69, 9.17) is 23.2 Å². The number of aromatic nitrogens is 1. The van der Waals surface area contributed by atoms with Crippen LogP contribution >= 0.6 is 23.2 Å². The Morgan fingerprint density at radius 3 is 2.35 bits per heavy atom. The van der Waals surface area contributed by atoms with E-state index in [-0.39, 0.29) is 0 Å². The number of nitrogens with zero attached hydrogens (tertiary/aromatic N) is 3. The van der Waals surface area contributed by atoms with Crippen LogP contribution < -0.4 is 0 Å². The molecule has 3 saturated heterocycles. The first-order valence-corrected chi connectivity index (χ1v) is 8.75. The fraction of sp³-hybridized carbons (Fsp3) is 0.389. The van der Waals surface area contributed by atoms with Crippen LogP contribution in [0.1, 0.15) is 17.5 Å². The Morgan fingerprint density at radius 2 is 1.65 bits per heavy atom. The molecule has 1 aromatic carbocycles. The van der Waals surface area contributed by atoms with Crippen molar-refractivity contribution in [2.45, 2.75) is 31.6 Å². The van der Waals surface area contributed by atoms with E-state index in [0.29, 0.717) is 22.1 Å². The number of pyridine rings is 1. The Balaban J connectivity index is 1.37. The molecule has 2 bridgehead atoms. The van der Waals surface area contributed by atoms with E-state index in [1.807, 2.05) is 24.5 Å². The molecule has 0 aliphatic carbocycles. The summed E-state index contributed by atoms with van der Waals surface area (Å²) in [7, 11) is 0. The van der Waals surface area contributed by atoms with Gasteiger partial charge in [-0.3, -0.25) is 14.8 Å². The quantitative estimate of drug-likeness (QED) is 0.837. The van der Waals surface area contributed by atoms with Crippen molar-refractivity contribution in [3.63, 3.8) is 0 Å². The third-order valence-electron chi connectivity index (χ3n) is 4.92. The van der Waals surface area contributed by atoms with Gasteiger partial charge in [0.1, 0.15) is 0 Å². The summed E-state index contributed by atoms with van der Waals surface area (Å²) in [5.74, 6) is 0. The molecule has 2 aromatic rings. The minimum absolute atomic E-state index is 0.628. The Kier molecular flexibility index (Phi) is 4.29. The fourth-order valence-corrected chi connectivity index (χ4v) is 4.08. The van der Waals surface area contributed by atoms with Gasteiger partial charge in [-0.15, -0.1) is 0 Å². The van der Waals surface area contributed by atoms with Crippen LogP contribution in [-0.4, -0.2) is 40.0 Å². The number of halogens is 2. The van der Waals surface area contributed by atoms with Crippen LogP contribution in [0.25, 0.3) is 0 Å². The maximum atomic E-state index is 6.13. The fourth-order valence-electron chi connectivity index (χ4n) is 3.76. The van der Waals surface area contributed by atoms with Gasteiger partial charge < -0.3 is 0 Å². The van der Waals surface area contributed by atoms with Crippen LogP contribution in [0.4, 0.5) is 0 Å². The summed E-state index contributed by atoms with van der Waals surface area (Å²) in [6.07, 6.45) is 5.06.